The Bertz CT molecular complexity index is 1100. The van der Waals surface area contributed by atoms with Gasteiger partial charge in [0.25, 0.3) is 0 Å². The number of nitrogens with zero attached hydrogens (tertiary/aromatic N) is 1. The normalized spacial score (nSPS) is 11.4. The quantitative estimate of drug-likeness (QED) is 0.642. The Kier molecular flexibility index (Phi) is 6.23. The van der Waals surface area contributed by atoms with Crippen molar-refractivity contribution in [2.75, 3.05) is 12.8 Å². The van der Waals surface area contributed by atoms with Crippen LogP contribution in [0, 0.1) is 6.92 Å². The Hall–Kier alpha value is -2.86. The SMILES string of the molecule is CCC(=O)NCCc1cc(-c2ccc(S(C)(=O)=O)cc2)n(-c2ccccc2)c1C. The van der Waals surface area contributed by atoms with Gasteiger partial charge in [0.05, 0.1) is 10.6 Å². The number of hydrogen-bond donors (Lipinski definition) is 1. The second-order valence-electron chi connectivity index (χ2n) is 7.06. The fraction of sp³-hybridized carbons (Fsp3) is 0.261. The summed E-state index contributed by atoms with van der Waals surface area (Å²) < 4.78 is 25.7. The van der Waals surface area contributed by atoms with E-state index in [1.54, 1.807) is 12.1 Å². The molecule has 5 nitrogen and oxygen atoms in total. The molecule has 0 saturated heterocycles. The van der Waals surface area contributed by atoms with Crippen molar-refractivity contribution < 1.29 is 13.2 Å². The predicted octanol–water partition coefficient (Wildman–Crippen LogP) is 3.92. The summed E-state index contributed by atoms with van der Waals surface area (Å²) in [6, 6.07) is 19.1. The molecule has 6 heteroatoms. The molecule has 0 bridgehead atoms. The Labute approximate surface area is 172 Å². The molecule has 0 radical (unpaired) electrons. The lowest BCUT2D eigenvalue weighted by Crippen LogP contribution is -2.24. The van der Waals surface area contributed by atoms with E-state index >= 15 is 0 Å². The van der Waals surface area contributed by atoms with E-state index < -0.39 is 9.84 Å². The van der Waals surface area contributed by atoms with Crippen LogP contribution in [0.15, 0.2) is 65.6 Å². The molecule has 3 aromatic rings. The third-order valence-electron chi connectivity index (χ3n) is 4.98. The Morgan fingerprint density at radius 1 is 1.03 bits per heavy atom. The van der Waals surface area contributed by atoms with Crippen molar-refractivity contribution in [1.82, 2.24) is 9.88 Å². The van der Waals surface area contributed by atoms with E-state index in [0.717, 1.165) is 34.6 Å². The van der Waals surface area contributed by atoms with Gasteiger partial charge in [-0.3, -0.25) is 4.79 Å². The molecule has 1 amide bonds. The van der Waals surface area contributed by atoms with Crippen LogP contribution in [0.4, 0.5) is 0 Å². The number of amides is 1. The van der Waals surface area contributed by atoms with E-state index in [2.05, 4.69) is 22.9 Å². The third kappa shape index (κ3) is 4.77. The molecule has 0 unspecified atom stereocenters. The summed E-state index contributed by atoms with van der Waals surface area (Å²) in [5.41, 5.74) is 5.21. The van der Waals surface area contributed by atoms with Crippen LogP contribution in [0.1, 0.15) is 24.6 Å². The summed E-state index contributed by atoms with van der Waals surface area (Å²) in [4.78, 5) is 11.9. The monoisotopic (exact) mass is 410 g/mol. The molecular weight excluding hydrogens is 384 g/mol. The topological polar surface area (TPSA) is 68.2 Å². The summed E-state index contributed by atoms with van der Waals surface area (Å²) in [6.07, 6.45) is 2.41. The van der Waals surface area contributed by atoms with Crippen molar-refractivity contribution in [2.45, 2.75) is 31.6 Å². The maximum Gasteiger partial charge on any atom is 0.219 e. The maximum atomic E-state index is 11.8. The van der Waals surface area contributed by atoms with Gasteiger partial charge in [-0.15, -0.1) is 0 Å². The number of carbonyl (C=O) groups excluding carboxylic acids is 1. The number of para-hydroxylation sites is 1. The molecule has 1 N–H and O–H groups in total. The van der Waals surface area contributed by atoms with E-state index in [1.165, 1.54) is 6.26 Å². The van der Waals surface area contributed by atoms with Crippen LogP contribution in [-0.2, 0) is 21.1 Å². The van der Waals surface area contributed by atoms with Crippen molar-refractivity contribution in [2.24, 2.45) is 0 Å². The zero-order valence-corrected chi connectivity index (χ0v) is 17.8. The maximum absolute atomic E-state index is 11.8. The van der Waals surface area contributed by atoms with Gasteiger partial charge in [-0.05, 0) is 54.8 Å². The van der Waals surface area contributed by atoms with Gasteiger partial charge in [-0.2, -0.15) is 0 Å². The van der Waals surface area contributed by atoms with Crippen molar-refractivity contribution >= 4 is 15.7 Å². The molecule has 29 heavy (non-hydrogen) atoms. The molecule has 0 aliphatic rings. The average Bonchev–Trinajstić information content (AvgIpc) is 3.04. The molecule has 0 aliphatic heterocycles. The molecule has 0 fully saturated rings. The molecule has 0 aliphatic carbocycles. The van der Waals surface area contributed by atoms with Crippen LogP contribution < -0.4 is 5.32 Å². The van der Waals surface area contributed by atoms with Gasteiger partial charge in [0.2, 0.25) is 5.91 Å². The van der Waals surface area contributed by atoms with Gasteiger partial charge in [0, 0.05) is 30.6 Å². The van der Waals surface area contributed by atoms with E-state index in [1.807, 2.05) is 49.4 Å². The van der Waals surface area contributed by atoms with E-state index in [4.69, 9.17) is 0 Å². The highest BCUT2D eigenvalue weighted by Crippen LogP contribution is 2.30. The Morgan fingerprint density at radius 2 is 1.69 bits per heavy atom. The average molecular weight is 411 g/mol. The van der Waals surface area contributed by atoms with Crippen LogP contribution in [0.3, 0.4) is 0 Å². The first-order chi connectivity index (χ1) is 13.8. The van der Waals surface area contributed by atoms with Gasteiger partial charge in [0.1, 0.15) is 0 Å². The van der Waals surface area contributed by atoms with E-state index in [0.29, 0.717) is 17.9 Å². The number of nitrogens with one attached hydrogen (secondary N) is 1. The fourth-order valence-electron chi connectivity index (χ4n) is 3.37. The fourth-order valence-corrected chi connectivity index (χ4v) is 4.00. The van der Waals surface area contributed by atoms with Crippen LogP contribution >= 0.6 is 0 Å². The lowest BCUT2D eigenvalue weighted by Gasteiger charge is -2.13. The molecule has 3 rings (SSSR count). The molecular formula is C23H26N2O3S. The minimum Gasteiger partial charge on any atom is -0.356 e. The standard InChI is InChI=1S/C23H26N2O3S/c1-4-23(26)24-15-14-19-16-22(18-10-12-21(13-11-18)29(3,27)28)25(17(19)2)20-8-6-5-7-9-20/h5-13,16H,4,14-15H2,1-3H3,(H,24,26). The molecule has 0 saturated carbocycles. The highest BCUT2D eigenvalue weighted by molar-refractivity contribution is 7.90. The number of rotatable bonds is 7. The number of carbonyl (C=O) groups is 1. The van der Waals surface area contributed by atoms with Crippen LogP contribution in [0.25, 0.3) is 16.9 Å². The second-order valence-corrected chi connectivity index (χ2v) is 9.08. The Morgan fingerprint density at radius 3 is 2.28 bits per heavy atom. The Balaban J connectivity index is 2.03. The molecule has 0 spiro atoms. The van der Waals surface area contributed by atoms with Crippen LogP contribution in [-0.4, -0.2) is 31.7 Å². The summed E-state index contributed by atoms with van der Waals surface area (Å²) >= 11 is 0. The van der Waals surface area contributed by atoms with E-state index in [9.17, 15) is 13.2 Å². The van der Waals surface area contributed by atoms with Crippen molar-refractivity contribution in [3.63, 3.8) is 0 Å². The largest absolute Gasteiger partial charge is 0.356 e. The lowest BCUT2D eigenvalue weighted by molar-refractivity contribution is -0.120. The summed E-state index contributed by atoms with van der Waals surface area (Å²) in [7, 11) is -3.24. The minimum absolute atomic E-state index is 0.0433. The first kappa shape index (κ1) is 20.9. The summed E-state index contributed by atoms with van der Waals surface area (Å²) in [5, 5.41) is 2.93. The van der Waals surface area contributed by atoms with Gasteiger partial charge in [-0.1, -0.05) is 37.3 Å². The zero-order valence-electron chi connectivity index (χ0n) is 17.0. The minimum atomic E-state index is -3.24. The molecule has 152 valence electrons. The number of sulfone groups is 1. The lowest BCUT2D eigenvalue weighted by atomic mass is 10.1. The van der Waals surface area contributed by atoms with Gasteiger partial charge in [0.15, 0.2) is 9.84 Å². The highest BCUT2D eigenvalue weighted by atomic mass is 32.2. The number of aromatic nitrogens is 1. The summed E-state index contributed by atoms with van der Waals surface area (Å²) in [6.45, 7) is 4.49. The van der Waals surface area contributed by atoms with Crippen molar-refractivity contribution in [3.8, 4) is 16.9 Å². The zero-order chi connectivity index (χ0) is 21.0. The number of benzene rings is 2. The molecule has 1 aromatic heterocycles. The molecule has 0 atom stereocenters. The second kappa shape index (κ2) is 8.66. The highest BCUT2D eigenvalue weighted by Gasteiger charge is 2.16. The first-order valence-corrected chi connectivity index (χ1v) is 11.5. The van der Waals surface area contributed by atoms with Gasteiger partial charge < -0.3 is 9.88 Å². The molecule has 1 heterocycles. The van der Waals surface area contributed by atoms with Crippen LogP contribution in [0.2, 0.25) is 0 Å². The van der Waals surface area contributed by atoms with Gasteiger partial charge >= 0.3 is 0 Å². The van der Waals surface area contributed by atoms with Gasteiger partial charge in [-0.25, -0.2) is 8.42 Å². The smallest absolute Gasteiger partial charge is 0.219 e. The van der Waals surface area contributed by atoms with Crippen LogP contribution in [0.5, 0.6) is 0 Å². The van der Waals surface area contributed by atoms with E-state index in [-0.39, 0.29) is 5.91 Å². The summed E-state index contributed by atoms with van der Waals surface area (Å²) in [5.74, 6) is 0.0433. The van der Waals surface area contributed by atoms with Crippen molar-refractivity contribution in [3.05, 3.63) is 71.9 Å². The molecule has 2 aromatic carbocycles. The first-order valence-electron chi connectivity index (χ1n) is 9.65. The van der Waals surface area contributed by atoms with Crippen molar-refractivity contribution in [1.29, 1.82) is 0 Å². The third-order valence-corrected chi connectivity index (χ3v) is 6.11. The predicted molar refractivity (Wildman–Crippen MR) is 116 cm³/mol. The number of hydrogen-bond acceptors (Lipinski definition) is 3.